The van der Waals surface area contributed by atoms with Crippen LogP contribution in [-0.4, -0.2) is 28.2 Å². The summed E-state index contributed by atoms with van der Waals surface area (Å²) in [5.41, 5.74) is 3.43. The molecule has 0 fully saturated rings. The van der Waals surface area contributed by atoms with Gasteiger partial charge >= 0.3 is 6.03 Å². The Balaban J connectivity index is 1.95. The number of rotatable bonds is 4. The highest BCUT2D eigenvalue weighted by molar-refractivity contribution is 5.74. The number of hydrogen-bond acceptors (Lipinski definition) is 2. The zero-order valence-corrected chi connectivity index (χ0v) is 14.6. The van der Waals surface area contributed by atoms with Gasteiger partial charge in [0.2, 0.25) is 0 Å². The van der Waals surface area contributed by atoms with Gasteiger partial charge in [0.05, 0.1) is 18.3 Å². The minimum atomic E-state index is -0.105. The summed E-state index contributed by atoms with van der Waals surface area (Å²) >= 11 is 0. The molecule has 0 aliphatic rings. The van der Waals surface area contributed by atoms with Gasteiger partial charge in [-0.1, -0.05) is 45.0 Å². The number of aromatic nitrogens is 2. The lowest BCUT2D eigenvalue weighted by molar-refractivity contribution is 0.203. The third-order valence-corrected chi connectivity index (χ3v) is 3.93. The molecule has 1 aromatic carbocycles. The standard InChI is InChI=1S/C18H26N4O/c1-13(14-6-8-15(9-7-14)18(2,3)4)20-17(23)22(5)12-16-10-11-19-21-16/h6-11,13H,12H2,1-5H3,(H,19,21)(H,20,23)/t13-/m1/s1. The van der Waals surface area contributed by atoms with Crippen LogP contribution < -0.4 is 5.32 Å². The average Bonchev–Trinajstić information content (AvgIpc) is 2.99. The van der Waals surface area contributed by atoms with E-state index < -0.39 is 0 Å². The lowest BCUT2D eigenvalue weighted by atomic mass is 9.86. The van der Waals surface area contributed by atoms with E-state index in [0.29, 0.717) is 6.54 Å². The Bertz CT molecular complexity index is 626. The van der Waals surface area contributed by atoms with Gasteiger partial charge in [-0.25, -0.2) is 4.79 Å². The minimum absolute atomic E-state index is 0.0410. The molecule has 1 atom stereocenters. The number of aromatic amines is 1. The summed E-state index contributed by atoms with van der Waals surface area (Å²) in [4.78, 5) is 13.9. The van der Waals surface area contributed by atoms with Crippen molar-refractivity contribution in [3.8, 4) is 0 Å². The summed E-state index contributed by atoms with van der Waals surface area (Å²) in [6, 6.07) is 10.1. The van der Waals surface area contributed by atoms with Gasteiger partial charge in [-0.2, -0.15) is 5.10 Å². The van der Waals surface area contributed by atoms with Crippen molar-refractivity contribution in [2.24, 2.45) is 0 Å². The Kier molecular flexibility index (Phi) is 5.08. The number of urea groups is 1. The van der Waals surface area contributed by atoms with Gasteiger partial charge in [0.1, 0.15) is 0 Å². The van der Waals surface area contributed by atoms with Gasteiger partial charge in [0.25, 0.3) is 0 Å². The van der Waals surface area contributed by atoms with Gasteiger partial charge in [-0.05, 0) is 29.5 Å². The maximum atomic E-state index is 12.3. The average molecular weight is 314 g/mol. The highest BCUT2D eigenvalue weighted by atomic mass is 16.2. The molecule has 0 aliphatic heterocycles. The number of carbonyl (C=O) groups excluding carboxylic acids is 1. The predicted octanol–water partition coefficient (Wildman–Crippen LogP) is 3.61. The number of H-pyrrole nitrogens is 1. The monoisotopic (exact) mass is 314 g/mol. The Labute approximate surface area is 138 Å². The second-order valence-electron chi connectivity index (χ2n) is 6.98. The second kappa shape index (κ2) is 6.86. The van der Waals surface area contributed by atoms with Gasteiger partial charge in [-0.3, -0.25) is 5.10 Å². The van der Waals surface area contributed by atoms with E-state index in [9.17, 15) is 4.79 Å². The quantitative estimate of drug-likeness (QED) is 0.905. The molecule has 5 heteroatoms. The van der Waals surface area contributed by atoms with E-state index >= 15 is 0 Å². The van der Waals surface area contributed by atoms with E-state index in [0.717, 1.165) is 11.3 Å². The van der Waals surface area contributed by atoms with E-state index in [2.05, 4.69) is 60.6 Å². The molecular formula is C18H26N4O. The topological polar surface area (TPSA) is 61.0 Å². The normalized spacial score (nSPS) is 12.7. The van der Waals surface area contributed by atoms with Crippen LogP contribution in [-0.2, 0) is 12.0 Å². The maximum Gasteiger partial charge on any atom is 0.317 e. The molecule has 1 aromatic heterocycles. The van der Waals surface area contributed by atoms with Crippen molar-refractivity contribution in [2.75, 3.05) is 7.05 Å². The van der Waals surface area contributed by atoms with Crippen LogP contribution in [0, 0.1) is 0 Å². The Hall–Kier alpha value is -2.30. The SMILES string of the molecule is C[C@@H](NC(=O)N(C)Cc1ccn[nH]1)c1ccc(C(C)(C)C)cc1. The van der Waals surface area contributed by atoms with E-state index in [1.807, 2.05) is 13.0 Å². The maximum absolute atomic E-state index is 12.3. The van der Waals surface area contributed by atoms with Crippen LogP contribution in [0.1, 0.15) is 50.6 Å². The summed E-state index contributed by atoms with van der Waals surface area (Å²) in [6.45, 7) is 9.07. The number of benzene rings is 1. The van der Waals surface area contributed by atoms with E-state index in [4.69, 9.17) is 0 Å². The van der Waals surface area contributed by atoms with Crippen LogP contribution in [0.2, 0.25) is 0 Å². The minimum Gasteiger partial charge on any atom is -0.331 e. The van der Waals surface area contributed by atoms with Crippen LogP contribution >= 0.6 is 0 Å². The molecular weight excluding hydrogens is 288 g/mol. The number of nitrogens with one attached hydrogen (secondary N) is 2. The summed E-state index contributed by atoms with van der Waals surface area (Å²) in [7, 11) is 1.77. The molecule has 2 amide bonds. The first-order chi connectivity index (χ1) is 10.8. The molecule has 0 saturated heterocycles. The first kappa shape index (κ1) is 17.1. The summed E-state index contributed by atoms with van der Waals surface area (Å²) in [5, 5.41) is 9.76. The third-order valence-electron chi connectivity index (χ3n) is 3.93. The zero-order valence-electron chi connectivity index (χ0n) is 14.6. The Morgan fingerprint density at radius 3 is 2.43 bits per heavy atom. The van der Waals surface area contributed by atoms with E-state index in [-0.39, 0.29) is 17.5 Å². The molecule has 2 rings (SSSR count). The van der Waals surface area contributed by atoms with Crippen molar-refractivity contribution in [3.05, 3.63) is 53.3 Å². The van der Waals surface area contributed by atoms with Crippen LogP contribution in [0.5, 0.6) is 0 Å². The van der Waals surface area contributed by atoms with Crippen molar-refractivity contribution >= 4 is 6.03 Å². The van der Waals surface area contributed by atoms with Crippen molar-refractivity contribution in [1.82, 2.24) is 20.4 Å². The molecule has 2 N–H and O–H groups in total. The van der Waals surface area contributed by atoms with Crippen molar-refractivity contribution in [1.29, 1.82) is 0 Å². The van der Waals surface area contributed by atoms with Gasteiger partial charge in [0, 0.05) is 13.2 Å². The fourth-order valence-corrected chi connectivity index (χ4v) is 2.35. The zero-order chi connectivity index (χ0) is 17.0. The Morgan fingerprint density at radius 1 is 1.26 bits per heavy atom. The number of carbonyl (C=O) groups is 1. The highest BCUT2D eigenvalue weighted by Crippen LogP contribution is 2.23. The lowest BCUT2D eigenvalue weighted by Gasteiger charge is -2.23. The van der Waals surface area contributed by atoms with Gasteiger partial charge in [-0.15, -0.1) is 0 Å². The van der Waals surface area contributed by atoms with Gasteiger partial charge in [0.15, 0.2) is 0 Å². The third kappa shape index (κ3) is 4.58. The van der Waals surface area contributed by atoms with Crippen LogP contribution in [0.4, 0.5) is 4.79 Å². The van der Waals surface area contributed by atoms with Crippen LogP contribution in [0.25, 0.3) is 0 Å². The largest absolute Gasteiger partial charge is 0.331 e. The second-order valence-corrected chi connectivity index (χ2v) is 6.98. The number of hydrogen-bond donors (Lipinski definition) is 2. The lowest BCUT2D eigenvalue weighted by Crippen LogP contribution is -2.38. The molecule has 0 saturated carbocycles. The van der Waals surface area contributed by atoms with E-state index in [1.165, 1.54) is 5.56 Å². The van der Waals surface area contributed by atoms with E-state index in [1.54, 1.807) is 18.1 Å². The fraction of sp³-hybridized carbons (Fsp3) is 0.444. The van der Waals surface area contributed by atoms with Crippen LogP contribution in [0.3, 0.4) is 0 Å². The molecule has 5 nitrogen and oxygen atoms in total. The molecule has 0 radical (unpaired) electrons. The smallest absolute Gasteiger partial charge is 0.317 e. The van der Waals surface area contributed by atoms with Crippen molar-refractivity contribution in [3.63, 3.8) is 0 Å². The summed E-state index contributed by atoms with van der Waals surface area (Å²) in [6.07, 6.45) is 1.68. The van der Waals surface area contributed by atoms with Gasteiger partial charge < -0.3 is 10.2 Å². The molecule has 0 aliphatic carbocycles. The molecule has 0 unspecified atom stereocenters. The molecule has 124 valence electrons. The fourth-order valence-electron chi connectivity index (χ4n) is 2.35. The highest BCUT2D eigenvalue weighted by Gasteiger charge is 2.16. The molecule has 0 bridgehead atoms. The first-order valence-electron chi connectivity index (χ1n) is 7.87. The Morgan fingerprint density at radius 2 is 1.91 bits per heavy atom. The molecule has 0 spiro atoms. The first-order valence-corrected chi connectivity index (χ1v) is 7.87. The molecule has 1 heterocycles. The number of nitrogens with zero attached hydrogens (tertiary/aromatic N) is 2. The van der Waals surface area contributed by atoms with Crippen molar-refractivity contribution in [2.45, 2.75) is 45.7 Å². The predicted molar refractivity (Wildman–Crippen MR) is 92.1 cm³/mol. The van der Waals surface area contributed by atoms with Crippen LogP contribution in [0.15, 0.2) is 36.5 Å². The number of amides is 2. The molecule has 23 heavy (non-hydrogen) atoms. The van der Waals surface area contributed by atoms with Crippen molar-refractivity contribution < 1.29 is 4.79 Å². The summed E-state index contributed by atoms with van der Waals surface area (Å²) < 4.78 is 0. The molecule has 2 aromatic rings. The summed E-state index contributed by atoms with van der Waals surface area (Å²) in [5.74, 6) is 0.